The van der Waals surface area contributed by atoms with Crippen molar-refractivity contribution in [1.82, 2.24) is 24.5 Å². The first-order valence-corrected chi connectivity index (χ1v) is 10.5. The van der Waals surface area contributed by atoms with Gasteiger partial charge < -0.3 is 10.0 Å². The SMILES string of the molecule is Cc1cc(C)n(-c2ccc(=O)n(CC(=O)N3CCC(O)(c4ccc(Cl)cc4)CC3)n2)n1. The van der Waals surface area contributed by atoms with Crippen LogP contribution in [0.5, 0.6) is 0 Å². The van der Waals surface area contributed by atoms with Gasteiger partial charge >= 0.3 is 0 Å². The van der Waals surface area contributed by atoms with Crippen molar-refractivity contribution in [3.63, 3.8) is 0 Å². The molecule has 31 heavy (non-hydrogen) atoms. The third-order valence-corrected chi connectivity index (χ3v) is 5.94. The quantitative estimate of drug-likeness (QED) is 0.670. The van der Waals surface area contributed by atoms with E-state index in [4.69, 9.17) is 11.6 Å². The summed E-state index contributed by atoms with van der Waals surface area (Å²) in [7, 11) is 0. The van der Waals surface area contributed by atoms with Gasteiger partial charge in [0.15, 0.2) is 5.82 Å². The summed E-state index contributed by atoms with van der Waals surface area (Å²) in [5.41, 5.74) is 1.17. The van der Waals surface area contributed by atoms with Gasteiger partial charge in [0.2, 0.25) is 5.91 Å². The number of hydrogen-bond donors (Lipinski definition) is 1. The molecule has 1 aromatic carbocycles. The third kappa shape index (κ3) is 4.40. The number of aryl methyl sites for hydroxylation is 2. The van der Waals surface area contributed by atoms with Crippen LogP contribution in [0.15, 0.2) is 47.3 Å². The molecule has 1 fully saturated rings. The van der Waals surface area contributed by atoms with Gasteiger partial charge in [-0.2, -0.15) is 5.10 Å². The summed E-state index contributed by atoms with van der Waals surface area (Å²) in [6.45, 7) is 4.40. The van der Waals surface area contributed by atoms with E-state index in [0.717, 1.165) is 21.6 Å². The number of carbonyl (C=O) groups is 1. The number of aliphatic hydroxyl groups is 1. The molecule has 1 amide bonds. The van der Waals surface area contributed by atoms with Gasteiger partial charge in [0.1, 0.15) is 6.54 Å². The highest BCUT2D eigenvalue weighted by atomic mass is 35.5. The predicted octanol–water partition coefficient (Wildman–Crippen LogP) is 2.21. The summed E-state index contributed by atoms with van der Waals surface area (Å²) in [4.78, 5) is 26.8. The minimum atomic E-state index is -0.994. The van der Waals surface area contributed by atoms with E-state index >= 15 is 0 Å². The maximum absolute atomic E-state index is 12.8. The second-order valence-electron chi connectivity index (χ2n) is 7.95. The van der Waals surface area contributed by atoms with Crippen molar-refractivity contribution in [3.05, 3.63) is 74.8 Å². The van der Waals surface area contributed by atoms with Crippen LogP contribution in [0.4, 0.5) is 0 Å². The molecule has 2 aromatic heterocycles. The molecule has 3 aromatic rings. The Morgan fingerprint density at radius 2 is 1.77 bits per heavy atom. The van der Waals surface area contributed by atoms with Crippen molar-refractivity contribution < 1.29 is 9.90 Å². The molecule has 0 atom stereocenters. The smallest absolute Gasteiger partial charge is 0.267 e. The van der Waals surface area contributed by atoms with Crippen LogP contribution in [-0.4, -0.2) is 48.6 Å². The normalized spacial score (nSPS) is 15.8. The molecule has 1 aliphatic heterocycles. The fraction of sp³-hybridized carbons (Fsp3) is 0.364. The zero-order valence-electron chi connectivity index (χ0n) is 17.5. The molecule has 0 aliphatic carbocycles. The van der Waals surface area contributed by atoms with Crippen molar-refractivity contribution in [2.75, 3.05) is 13.1 Å². The number of likely N-dealkylation sites (tertiary alicyclic amines) is 1. The molecule has 1 saturated heterocycles. The minimum absolute atomic E-state index is 0.161. The maximum Gasteiger partial charge on any atom is 0.267 e. The second kappa shape index (κ2) is 8.28. The van der Waals surface area contributed by atoms with Crippen LogP contribution in [0.2, 0.25) is 5.02 Å². The number of benzene rings is 1. The zero-order valence-corrected chi connectivity index (χ0v) is 18.2. The molecular weight excluding hydrogens is 418 g/mol. The molecule has 0 bridgehead atoms. The van der Waals surface area contributed by atoms with Gasteiger partial charge in [0.25, 0.3) is 5.56 Å². The van der Waals surface area contributed by atoms with Gasteiger partial charge in [-0.1, -0.05) is 23.7 Å². The molecule has 0 spiro atoms. The predicted molar refractivity (Wildman–Crippen MR) is 116 cm³/mol. The number of piperidine rings is 1. The van der Waals surface area contributed by atoms with Crippen LogP contribution in [0, 0.1) is 13.8 Å². The summed E-state index contributed by atoms with van der Waals surface area (Å²) in [6.07, 6.45) is 0.822. The molecule has 1 aliphatic rings. The van der Waals surface area contributed by atoms with E-state index in [1.807, 2.05) is 32.0 Å². The Bertz CT molecular complexity index is 1160. The lowest BCUT2D eigenvalue weighted by Crippen LogP contribution is -2.47. The fourth-order valence-electron chi connectivity index (χ4n) is 3.93. The minimum Gasteiger partial charge on any atom is -0.385 e. The number of nitrogens with zero attached hydrogens (tertiary/aromatic N) is 5. The number of halogens is 1. The lowest BCUT2D eigenvalue weighted by Gasteiger charge is -2.38. The second-order valence-corrected chi connectivity index (χ2v) is 8.38. The molecular formula is C22H24ClN5O3. The van der Waals surface area contributed by atoms with Crippen molar-refractivity contribution in [3.8, 4) is 5.82 Å². The maximum atomic E-state index is 12.8. The van der Waals surface area contributed by atoms with Crippen LogP contribution < -0.4 is 5.56 Å². The van der Waals surface area contributed by atoms with Gasteiger partial charge in [0.05, 0.1) is 11.3 Å². The first kappa shape index (κ1) is 21.3. The Morgan fingerprint density at radius 3 is 2.39 bits per heavy atom. The number of aromatic nitrogens is 4. The van der Waals surface area contributed by atoms with E-state index in [9.17, 15) is 14.7 Å². The van der Waals surface area contributed by atoms with E-state index in [-0.39, 0.29) is 18.0 Å². The zero-order chi connectivity index (χ0) is 22.2. The van der Waals surface area contributed by atoms with Crippen molar-refractivity contribution in [1.29, 1.82) is 0 Å². The van der Waals surface area contributed by atoms with Crippen LogP contribution in [0.1, 0.15) is 29.8 Å². The molecule has 1 N–H and O–H groups in total. The molecule has 0 radical (unpaired) electrons. The van der Waals surface area contributed by atoms with E-state index in [1.165, 1.54) is 6.07 Å². The van der Waals surface area contributed by atoms with Crippen LogP contribution >= 0.6 is 11.6 Å². The monoisotopic (exact) mass is 441 g/mol. The Balaban J connectivity index is 1.46. The van der Waals surface area contributed by atoms with E-state index in [0.29, 0.717) is 36.8 Å². The molecule has 8 nitrogen and oxygen atoms in total. The summed E-state index contributed by atoms with van der Waals surface area (Å²) >= 11 is 5.94. The number of amides is 1. The third-order valence-electron chi connectivity index (χ3n) is 5.69. The highest BCUT2D eigenvalue weighted by Gasteiger charge is 2.35. The van der Waals surface area contributed by atoms with Crippen molar-refractivity contribution in [2.24, 2.45) is 0 Å². The number of carbonyl (C=O) groups excluding carboxylic acids is 1. The van der Waals surface area contributed by atoms with Gasteiger partial charge in [-0.05, 0) is 56.5 Å². The largest absolute Gasteiger partial charge is 0.385 e. The van der Waals surface area contributed by atoms with E-state index in [1.54, 1.807) is 27.8 Å². The highest BCUT2D eigenvalue weighted by Crippen LogP contribution is 2.33. The summed E-state index contributed by atoms with van der Waals surface area (Å²) in [5.74, 6) is 0.270. The summed E-state index contributed by atoms with van der Waals surface area (Å²) < 4.78 is 2.80. The summed E-state index contributed by atoms with van der Waals surface area (Å²) in [5, 5.41) is 20.3. The Morgan fingerprint density at radius 1 is 1.10 bits per heavy atom. The average Bonchev–Trinajstić information content (AvgIpc) is 3.08. The van der Waals surface area contributed by atoms with Gasteiger partial charge in [-0.25, -0.2) is 9.36 Å². The first-order valence-electron chi connectivity index (χ1n) is 10.1. The van der Waals surface area contributed by atoms with Crippen LogP contribution in [-0.2, 0) is 16.9 Å². The number of rotatable bonds is 4. The number of hydrogen-bond acceptors (Lipinski definition) is 5. The lowest BCUT2D eigenvalue weighted by molar-refractivity contribution is -0.136. The molecule has 3 heterocycles. The molecule has 162 valence electrons. The van der Waals surface area contributed by atoms with Gasteiger partial charge in [-0.3, -0.25) is 9.59 Å². The summed E-state index contributed by atoms with van der Waals surface area (Å²) in [6, 6.07) is 12.0. The molecule has 4 rings (SSSR count). The fourth-order valence-corrected chi connectivity index (χ4v) is 4.05. The Hall–Kier alpha value is -2.97. The van der Waals surface area contributed by atoms with Gasteiger partial charge in [0, 0.05) is 29.9 Å². The van der Waals surface area contributed by atoms with Crippen LogP contribution in [0.3, 0.4) is 0 Å². The van der Waals surface area contributed by atoms with E-state index in [2.05, 4.69) is 10.2 Å². The topological polar surface area (TPSA) is 93.2 Å². The van der Waals surface area contributed by atoms with Crippen molar-refractivity contribution >= 4 is 17.5 Å². The highest BCUT2D eigenvalue weighted by molar-refractivity contribution is 6.30. The van der Waals surface area contributed by atoms with Crippen LogP contribution in [0.25, 0.3) is 5.82 Å². The molecule has 9 heteroatoms. The van der Waals surface area contributed by atoms with Gasteiger partial charge in [-0.15, -0.1) is 5.10 Å². The van der Waals surface area contributed by atoms with E-state index < -0.39 is 5.60 Å². The lowest BCUT2D eigenvalue weighted by atomic mass is 9.84. The average molecular weight is 442 g/mol. The van der Waals surface area contributed by atoms with Crippen molar-refractivity contribution in [2.45, 2.75) is 38.8 Å². The Kier molecular flexibility index (Phi) is 5.68. The first-order chi connectivity index (χ1) is 14.7. The Labute approximate surface area is 184 Å². The standard InChI is InChI=1S/C22H24ClN5O3/c1-15-13-16(2)28(24-15)19-7-8-20(29)27(25-19)14-21(30)26-11-9-22(31,10-12-26)17-3-5-18(23)6-4-17/h3-8,13,31H,9-12,14H2,1-2H3. The molecule has 0 saturated carbocycles. The molecule has 0 unspecified atom stereocenters.